The molecule has 2 rings (SSSR count). The van der Waals surface area contributed by atoms with E-state index in [-0.39, 0.29) is 0 Å². The molecule has 1 heterocycles. The van der Waals surface area contributed by atoms with Crippen LogP contribution in [-0.2, 0) is 16.0 Å². The quantitative estimate of drug-likeness (QED) is 0.809. The summed E-state index contributed by atoms with van der Waals surface area (Å²) in [6.45, 7) is 2.22. The number of Topliss-reactive ketones (excluding diaryl/α,β-unsaturated/α-hetero) is 1. The minimum atomic E-state index is -0.492. The molecule has 100 valence electrons. The molecule has 2 unspecified atom stereocenters. The number of carbonyl (C=O) groups excluding carboxylic acids is 1. The Hall–Kier alpha value is -0.670. The number of thiophene rings is 1. The van der Waals surface area contributed by atoms with Gasteiger partial charge in [-0.2, -0.15) is 11.3 Å². The normalized spacial score (nSPS) is 28.2. The number of methoxy groups -OCH3 is 1. The maximum Gasteiger partial charge on any atom is 0.164 e. The van der Waals surface area contributed by atoms with Crippen molar-refractivity contribution in [2.75, 3.05) is 7.11 Å². The average molecular weight is 266 g/mol. The smallest absolute Gasteiger partial charge is 0.164 e. The lowest BCUT2D eigenvalue weighted by Crippen LogP contribution is -2.44. The fourth-order valence-corrected chi connectivity index (χ4v) is 3.68. The Labute approximate surface area is 113 Å². The molecule has 1 aromatic heterocycles. The molecule has 1 aliphatic rings. The van der Waals surface area contributed by atoms with Gasteiger partial charge in [0.25, 0.3) is 0 Å². The number of rotatable bonds is 5. The van der Waals surface area contributed by atoms with E-state index in [1.807, 2.05) is 0 Å². The van der Waals surface area contributed by atoms with Crippen LogP contribution in [0.4, 0.5) is 0 Å². The lowest BCUT2D eigenvalue weighted by molar-refractivity contribution is -0.147. The lowest BCUT2D eigenvalue weighted by Gasteiger charge is -2.37. The molecular formula is C15H22O2S. The fourth-order valence-electron chi connectivity index (χ4n) is 2.98. The highest BCUT2D eigenvalue weighted by atomic mass is 32.1. The molecule has 0 spiro atoms. The van der Waals surface area contributed by atoms with Crippen LogP contribution in [0.25, 0.3) is 0 Å². The van der Waals surface area contributed by atoms with Crippen LogP contribution in [0.1, 0.15) is 44.6 Å². The molecule has 0 aromatic carbocycles. The predicted octanol–water partition coefficient (Wildman–Crippen LogP) is 3.85. The second kappa shape index (κ2) is 5.98. The van der Waals surface area contributed by atoms with Crippen molar-refractivity contribution < 1.29 is 9.53 Å². The number of carbonyl (C=O) groups is 1. The molecule has 0 amide bonds. The fraction of sp³-hybridized carbons (Fsp3) is 0.667. The molecule has 2 atom stereocenters. The van der Waals surface area contributed by atoms with Crippen molar-refractivity contribution in [3.63, 3.8) is 0 Å². The summed E-state index contributed by atoms with van der Waals surface area (Å²) < 4.78 is 5.63. The Morgan fingerprint density at radius 3 is 3.06 bits per heavy atom. The predicted molar refractivity (Wildman–Crippen MR) is 75.0 cm³/mol. The molecule has 1 saturated carbocycles. The molecule has 0 radical (unpaired) electrons. The van der Waals surface area contributed by atoms with E-state index in [2.05, 4.69) is 23.8 Å². The molecule has 0 bridgehead atoms. The summed E-state index contributed by atoms with van der Waals surface area (Å²) in [5.74, 6) is 0.895. The van der Waals surface area contributed by atoms with Gasteiger partial charge in [0.1, 0.15) is 5.60 Å². The second-order valence-electron chi connectivity index (χ2n) is 5.45. The molecule has 1 fully saturated rings. The zero-order valence-corrected chi connectivity index (χ0v) is 12.1. The average Bonchev–Trinajstić information content (AvgIpc) is 2.88. The van der Waals surface area contributed by atoms with E-state index in [1.165, 1.54) is 12.0 Å². The van der Waals surface area contributed by atoms with Gasteiger partial charge >= 0.3 is 0 Å². The van der Waals surface area contributed by atoms with Gasteiger partial charge in [-0.25, -0.2) is 0 Å². The first kappa shape index (κ1) is 13.8. The van der Waals surface area contributed by atoms with Crippen molar-refractivity contribution in [1.82, 2.24) is 0 Å². The zero-order valence-electron chi connectivity index (χ0n) is 11.3. The first-order valence-electron chi connectivity index (χ1n) is 6.76. The summed E-state index contributed by atoms with van der Waals surface area (Å²) in [5.41, 5.74) is 0.775. The van der Waals surface area contributed by atoms with Crippen LogP contribution in [0.15, 0.2) is 16.8 Å². The molecule has 3 heteroatoms. The Bertz CT molecular complexity index is 385. The van der Waals surface area contributed by atoms with E-state index in [4.69, 9.17) is 4.74 Å². The molecule has 1 aliphatic carbocycles. The number of hydrogen-bond acceptors (Lipinski definition) is 3. The van der Waals surface area contributed by atoms with E-state index in [1.54, 1.807) is 18.4 Å². The highest BCUT2D eigenvalue weighted by molar-refractivity contribution is 7.07. The maximum absolute atomic E-state index is 12.5. The summed E-state index contributed by atoms with van der Waals surface area (Å²) in [5, 5.41) is 4.19. The van der Waals surface area contributed by atoms with Gasteiger partial charge in [-0.15, -0.1) is 0 Å². The second-order valence-corrected chi connectivity index (χ2v) is 6.23. The zero-order chi connectivity index (χ0) is 13.0. The molecule has 2 nitrogen and oxygen atoms in total. The Morgan fingerprint density at radius 1 is 1.61 bits per heavy atom. The van der Waals surface area contributed by atoms with E-state index in [0.717, 1.165) is 25.7 Å². The third-order valence-electron chi connectivity index (χ3n) is 4.08. The van der Waals surface area contributed by atoms with Gasteiger partial charge in [0, 0.05) is 13.5 Å². The van der Waals surface area contributed by atoms with Gasteiger partial charge in [-0.3, -0.25) is 4.79 Å². The number of aryl methyl sites for hydroxylation is 1. The van der Waals surface area contributed by atoms with Gasteiger partial charge in [-0.1, -0.05) is 13.3 Å². The van der Waals surface area contributed by atoms with Gasteiger partial charge in [-0.05, 0) is 54.0 Å². The van der Waals surface area contributed by atoms with E-state index < -0.39 is 5.60 Å². The van der Waals surface area contributed by atoms with Gasteiger partial charge in [0.05, 0.1) is 0 Å². The summed E-state index contributed by atoms with van der Waals surface area (Å²) in [6.07, 6.45) is 5.59. The topological polar surface area (TPSA) is 26.3 Å². The van der Waals surface area contributed by atoms with E-state index >= 15 is 0 Å². The third kappa shape index (κ3) is 3.01. The Balaban J connectivity index is 1.96. The summed E-state index contributed by atoms with van der Waals surface area (Å²) in [6, 6.07) is 2.10. The molecule has 0 aliphatic heterocycles. The third-order valence-corrected chi connectivity index (χ3v) is 4.81. The van der Waals surface area contributed by atoms with Crippen LogP contribution in [0.5, 0.6) is 0 Å². The molecule has 0 saturated heterocycles. The van der Waals surface area contributed by atoms with Gasteiger partial charge in [0.2, 0.25) is 0 Å². The summed E-state index contributed by atoms with van der Waals surface area (Å²) in [7, 11) is 1.69. The largest absolute Gasteiger partial charge is 0.370 e. The van der Waals surface area contributed by atoms with Crippen molar-refractivity contribution >= 4 is 17.1 Å². The minimum Gasteiger partial charge on any atom is -0.370 e. The first-order valence-corrected chi connectivity index (χ1v) is 7.70. The SMILES string of the molecule is COC1(C(=O)CCc2ccsc2)CCCC(C)C1. The minimum absolute atomic E-state index is 0.294. The Morgan fingerprint density at radius 2 is 2.44 bits per heavy atom. The van der Waals surface area contributed by atoms with Crippen molar-refractivity contribution in [2.24, 2.45) is 5.92 Å². The first-order chi connectivity index (χ1) is 8.66. The lowest BCUT2D eigenvalue weighted by atomic mass is 9.75. The van der Waals surface area contributed by atoms with Crippen LogP contribution >= 0.6 is 11.3 Å². The standard InChI is InChI=1S/C15H22O2S/c1-12-4-3-8-15(10-12,17-2)14(16)6-5-13-7-9-18-11-13/h7,9,11-12H,3-6,8,10H2,1-2H3. The summed E-state index contributed by atoms with van der Waals surface area (Å²) >= 11 is 1.69. The van der Waals surface area contributed by atoms with Crippen molar-refractivity contribution in [2.45, 2.75) is 51.0 Å². The highest BCUT2D eigenvalue weighted by Gasteiger charge is 2.40. The van der Waals surface area contributed by atoms with E-state index in [9.17, 15) is 4.79 Å². The van der Waals surface area contributed by atoms with Crippen molar-refractivity contribution in [1.29, 1.82) is 0 Å². The van der Waals surface area contributed by atoms with Crippen LogP contribution < -0.4 is 0 Å². The molecule has 1 aromatic rings. The molecular weight excluding hydrogens is 244 g/mol. The number of hydrogen-bond donors (Lipinski definition) is 0. The highest BCUT2D eigenvalue weighted by Crippen LogP contribution is 2.36. The van der Waals surface area contributed by atoms with Crippen LogP contribution in [-0.4, -0.2) is 18.5 Å². The molecule has 0 N–H and O–H groups in total. The van der Waals surface area contributed by atoms with Gasteiger partial charge in [0.15, 0.2) is 5.78 Å². The van der Waals surface area contributed by atoms with Crippen LogP contribution in [0.2, 0.25) is 0 Å². The van der Waals surface area contributed by atoms with Crippen LogP contribution in [0.3, 0.4) is 0 Å². The summed E-state index contributed by atoms with van der Waals surface area (Å²) in [4.78, 5) is 12.5. The van der Waals surface area contributed by atoms with E-state index in [0.29, 0.717) is 18.1 Å². The number of ether oxygens (including phenoxy) is 1. The van der Waals surface area contributed by atoms with Crippen molar-refractivity contribution in [3.05, 3.63) is 22.4 Å². The maximum atomic E-state index is 12.5. The Kier molecular flexibility index (Phi) is 4.57. The number of ketones is 1. The molecule has 18 heavy (non-hydrogen) atoms. The van der Waals surface area contributed by atoms with Gasteiger partial charge < -0.3 is 4.74 Å². The van der Waals surface area contributed by atoms with Crippen LogP contribution in [0, 0.1) is 5.92 Å². The van der Waals surface area contributed by atoms with Crippen molar-refractivity contribution in [3.8, 4) is 0 Å². The monoisotopic (exact) mass is 266 g/mol.